The highest BCUT2D eigenvalue weighted by molar-refractivity contribution is 5.84. The first-order chi connectivity index (χ1) is 16.1. The van der Waals surface area contributed by atoms with E-state index in [1.54, 1.807) is 12.4 Å². The highest BCUT2D eigenvalue weighted by Gasteiger charge is 2.35. The van der Waals surface area contributed by atoms with Crippen LogP contribution in [0.15, 0.2) is 109 Å². The van der Waals surface area contributed by atoms with E-state index in [4.69, 9.17) is 0 Å². The third-order valence-electron chi connectivity index (χ3n) is 6.80. The van der Waals surface area contributed by atoms with Crippen LogP contribution in [0.25, 0.3) is 44.8 Å². The van der Waals surface area contributed by atoms with Crippen molar-refractivity contribution in [3.63, 3.8) is 0 Å². The van der Waals surface area contributed by atoms with Gasteiger partial charge in [-0.3, -0.25) is 0 Å². The van der Waals surface area contributed by atoms with E-state index < -0.39 is 0 Å². The number of benzene rings is 4. The molecule has 5 aromatic rings. The van der Waals surface area contributed by atoms with Gasteiger partial charge in [-0.2, -0.15) is 0 Å². The summed E-state index contributed by atoms with van der Waals surface area (Å²) in [5, 5.41) is 0. The van der Waals surface area contributed by atoms with E-state index in [0.29, 0.717) is 0 Å². The largest absolute Gasteiger partial charge is 0.237 e. The van der Waals surface area contributed by atoms with Crippen LogP contribution in [0, 0.1) is 0 Å². The van der Waals surface area contributed by atoms with Crippen LogP contribution in [0.4, 0.5) is 0 Å². The van der Waals surface area contributed by atoms with E-state index in [0.717, 1.165) is 17.0 Å². The van der Waals surface area contributed by atoms with Crippen LogP contribution in [0.1, 0.15) is 25.0 Å². The summed E-state index contributed by atoms with van der Waals surface area (Å²) in [6, 6.07) is 34.8. The van der Waals surface area contributed by atoms with Gasteiger partial charge in [0, 0.05) is 23.4 Å². The Labute approximate surface area is 194 Å². The first kappa shape index (κ1) is 19.6. The topological polar surface area (TPSA) is 25.8 Å². The van der Waals surface area contributed by atoms with E-state index in [1.165, 1.54) is 38.9 Å². The second-order valence-corrected chi connectivity index (χ2v) is 9.16. The lowest BCUT2D eigenvalue weighted by molar-refractivity contribution is 0.660. The van der Waals surface area contributed by atoms with Gasteiger partial charge in [0.15, 0.2) is 5.82 Å². The summed E-state index contributed by atoms with van der Waals surface area (Å²) in [4.78, 5) is 8.80. The Hall–Kier alpha value is -4.04. The van der Waals surface area contributed by atoms with Crippen LogP contribution in [0.3, 0.4) is 0 Å². The van der Waals surface area contributed by atoms with Gasteiger partial charge in [-0.25, -0.2) is 9.97 Å². The molecule has 0 atom stereocenters. The molecule has 0 unspecified atom stereocenters. The van der Waals surface area contributed by atoms with E-state index >= 15 is 0 Å². The fourth-order valence-electron chi connectivity index (χ4n) is 5.05. The number of hydrogen-bond donors (Lipinski definition) is 0. The van der Waals surface area contributed by atoms with Crippen molar-refractivity contribution in [2.24, 2.45) is 0 Å². The monoisotopic (exact) mass is 424 g/mol. The van der Waals surface area contributed by atoms with E-state index in [1.807, 2.05) is 6.07 Å². The van der Waals surface area contributed by atoms with Crippen molar-refractivity contribution in [1.82, 2.24) is 9.97 Å². The Balaban J connectivity index is 1.40. The second kappa shape index (κ2) is 7.53. The molecule has 4 aromatic carbocycles. The second-order valence-electron chi connectivity index (χ2n) is 9.16. The van der Waals surface area contributed by atoms with E-state index in [-0.39, 0.29) is 5.41 Å². The molecule has 0 fully saturated rings. The van der Waals surface area contributed by atoms with Crippen LogP contribution >= 0.6 is 0 Å². The Morgan fingerprint density at radius 1 is 0.485 bits per heavy atom. The van der Waals surface area contributed by atoms with Crippen molar-refractivity contribution >= 4 is 0 Å². The number of aromatic nitrogens is 2. The Kier molecular flexibility index (Phi) is 4.48. The zero-order valence-electron chi connectivity index (χ0n) is 18.8. The molecule has 0 saturated carbocycles. The molecule has 1 aliphatic carbocycles. The fourth-order valence-corrected chi connectivity index (χ4v) is 5.05. The standard InChI is InChI=1S/C31H24N2/c1-31(2)28-13-4-3-12-26(28)27-15-14-24(20-29(27)31)22-9-5-8-21(18-22)23-10-6-11-25(19-23)30-32-16-7-17-33-30/h3-20H,1-2H3. The van der Waals surface area contributed by atoms with Gasteiger partial charge in [0.25, 0.3) is 0 Å². The third-order valence-corrected chi connectivity index (χ3v) is 6.80. The van der Waals surface area contributed by atoms with Gasteiger partial charge in [-0.1, -0.05) is 86.6 Å². The molecular weight excluding hydrogens is 400 g/mol. The van der Waals surface area contributed by atoms with Gasteiger partial charge in [-0.15, -0.1) is 0 Å². The van der Waals surface area contributed by atoms with Crippen LogP contribution in [-0.2, 0) is 5.41 Å². The van der Waals surface area contributed by atoms with E-state index in [9.17, 15) is 0 Å². The molecule has 0 spiro atoms. The molecular formula is C31H24N2. The van der Waals surface area contributed by atoms with Gasteiger partial charge >= 0.3 is 0 Å². The maximum absolute atomic E-state index is 4.40. The quantitative estimate of drug-likeness (QED) is 0.295. The SMILES string of the molecule is CC1(C)c2ccccc2-c2ccc(-c3cccc(-c4cccc(-c5ncccn5)c4)c3)cc21. The molecule has 33 heavy (non-hydrogen) atoms. The van der Waals surface area contributed by atoms with Gasteiger partial charge in [0.2, 0.25) is 0 Å². The van der Waals surface area contributed by atoms with Crippen LogP contribution in [0.5, 0.6) is 0 Å². The summed E-state index contributed by atoms with van der Waals surface area (Å²) in [5.74, 6) is 0.746. The maximum atomic E-state index is 4.40. The molecule has 1 heterocycles. The third kappa shape index (κ3) is 3.27. The number of hydrogen-bond acceptors (Lipinski definition) is 2. The van der Waals surface area contributed by atoms with Gasteiger partial charge < -0.3 is 0 Å². The van der Waals surface area contributed by atoms with Crippen molar-refractivity contribution in [1.29, 1.82) is 0 Å². The number of fused-ring (bicyclic) bond motifs is 3. The smallest absolute Gasteiger partial charge is 0.159 e. The molecule has 0 saturated heterocycles. The fraction of sp³-hybridized carbons (Fsp3) is 0.0968. The van der Waals surface area contributed by atoms with Gasteiger partial charge in [0.05, 0.1) is 0 Å². The predicted molar refractivity (Wildman–Crippen MR) is 136 cm³/mol. The Morgan fingerprint density at radius 3 is 1.79 bits per heavy atom. The summed E-state index contributed by atoms with van der Waals surface area (Å²) in [5.41, 5.74) is 11.4. The highest BCUT2D eigenvalue weighted by atomic mass is 14.8. The summed E-state index contributed by atoms with van der Waals surface area (Å²) in [6.45, 7) is 4.66. The summed E-state index contributed by atoms with van der Waals surface area (Å²) in [6.07, 6.45) is 3.56. The van der Waals surface area contributed by atoms with Crippen molar-refractivity contribution < 1.29 is 0 Å². The molecule has 6 rings (SSSR count). The lowest BCUT2D eigenvalue weighted by Gasteiger charge is -2.22. The summed E-state index contributed by atoms with van der Waals surface area (Å²) < 4.78 is 0. The first-order valence-electron chi connectivity index (χ1n) is 11.3. The van der Waals surface area contributed by atoms with Crippen molar-refractivity contribution in [2.75, 3.05) is 0 Å². The molecule has 158 valence electrons. The minimum Gasteiger partial charge on any atom is -0.237 e. The minimum atomic E-state index is 0.00353. The van der Waals surface area contributed by atoms with Gasteiger partial charge in [-0.05, 0) is 68.8 Å². The highest BCUT2D eigenvalue weighted by Crippen LogP contribution is 2.49. The molecule has 0 radical (unpaired) electrons. The average molecular weight is 425 g/mol. The summed E-state index contributed by atoms with van der Waals surface area (Å²) >= 11 is 0. The number of rotatable bonds is 3. The molecule has 0 aliphatic heterocycles. The minimum absolute atomic E-state index is 0.00353. The lowest BCUT2D eigenvalue weighted by atomic mass is 9.81. The molecule has 0 amide bonds. The first-order valence-corrected chi connectivity index (χ1v) is 11.3. The van der Waals surface area contributed by atoms with Gasteiger partial charge in [0.1, 0.15) is 0 Å². The Bertz CT molecular complexity index is 1480. The average Bonchev–Trinajstić information content (AvgIpc) is 3.11. The van der Waals surface area contributed by atoms with Crippen LogP contribution < -0.4 is 0 Å². The van der Waals surface area contributed by atoms with Crippen molar-refractivity contribution in [2.45, 2.75) is 19.3 Å². The maximum Gasteiger partial charge on any atom is 0.159 e. The molecule has 1 aromatic heterocycles. The van der Waals surface area contributed by atoms with Crippen LogP contribution in [0.2, 0.25) is 0 Å². The zero-order chi connectivity index (χ0) is 22.4. The van der Waals surface area contributed by atoms with Crippen molar-refractivity contribution in [3.8, 4) is 44.8 Å². The lowest BCUT2D eigenvalue weighted by Crippen LogP contribution is -2.14. The molecule has 2 heteroatoms. The Morgan fingerprint density at radius 2 is 1.06 bits per heavy atom. The predicted octanol–water partition coefficient (Wildman–Crippen LogP) is 7.78. The number of nitrogens with zero attached hydrogens (tertiary/aromatic N) is 2. The molecule has 0 bridgehead atoms. The molecule has 1 aliphatic rings. The van der Waals surface area contributed by atoms with Crippen molar-refractivity contribution in [3.05, 3.63) is 121 Å². The molecule has 0 N–H and O–H groups in total. The zero-order valence-corrected chi connectivity index (χ0v) is 18.8. The molecule has 2 nitrogen and oxygen atoms in total. The summed E-state index contributed by atoms with van der Waals surface area (Å²) in [7, 11) is 0. The van der Waals surface area contributed by atoms with Crippen LogP contribution in [-0.4, -0.2) is 9.97 Å². The normalized spacial score (nSPS) is 13.4. The van der Waals surface area contributed by atoms with E-state index in [2.05, 4.69) is 115 Å².